The molecule has 5 heteroatoms. The lowest BCUT2D eigenvalue weighted by molar-refractivity contribution is 0.129. The number of para-hydroxylation sites is 1. The third-order valence-electron chi connectivity index (χ3n) is 4.53. The van der Waals surface area contributed by atoms with E-state index in [0.717, 1.165) is 17.7 Å². The molecule has 1 heterocycles. The van der Waals surface area contributed by atoms with E-state index in [0.29, 0.717) is 26.2 Å². The van der Waals surface area contributed by atoms with Gasteiger partial charge in [-0.15, -0.1) is 0 Å². The van der Waals surface area contributed by atoms with Crippen LogP contribution in [-0.2, 0) is 5.41 Å². The van der Waals surface area contributed by atoms with Gasteiger partial charge >= 0.3 is 6.03 Å². The predicted octanol–water partition coefficient (Wildman–Crippen LogP) is 2.78. The smallest absolute Gasteiger partial charge is 0.317 e. The van der Waals surface area contributed by atoms with Gasteiger partial charge in [0, 0.05) is 19.0 Å². The maximum atomic E-state index is 12.1. The maximum Gasteiger partial charge on any atom is 0.317 e. The summed E-state index contributed by atoms with van der Waals surface area (Å²) in [5.74, 6) is 1.06. The van der Waals surface area contributed by atoms with Gasteiger partial charge in [0.15, 0.2) is 0 Å². The largest absolute Gasteiger partial charge is 0.491 e. The average Bonchev–Trinajstić information content (AvgIpc) is 3.01. The van der Waals surface area contributed by atoms with E-state index in [2.05, 4.69) is 32.2 Å². The lowest BCUT2D eigenvalue weighted by Crippen LogP contribution is -2.40. The minimum absolute atomic E-state index is 0.0192. The number of amides is 2. The summed E-state index contributed by atoms with van der Waals surface area (Å²) in [6, 6.07) is 7.95. The second-order valence-corrected chi connectivity index (χ2v) is 7.56. The zero-order chi connectivity index (χ0) is 17.7. The van der Waals surface area contributed by atoms with Gasteiger partial charge in [-0.25, -0.2) is 4.79 Å². The predicted molar refractivity (Wildman–Crippen MR) is 95.4 cm³/mol. The number of aliphatic hydroxyl groups excluding tert-OH is 1. The Morgan fingerprint density at radius 2 is 2.12 bits per heavy atom. The molecule has 1 aromatic carbocycles. The van der Waals surface area contributed by atoms with Gasteiger partial charge in [-0.2, -0.15) is 0 Å². The number of carbonyl (C=O) groups excluding carboxylic acids is 1. The normalized spacial score (nSPS) is 19.2. The van der Waals surface area contributed by atoms with Crippen LogP contribution in [0.1, 0.15) is 39.7 Å². The van der Waals surface area contributed by atoms with Crippen molar-refractivity contribution in [2.75, 3.05) is 26.2 Å². The third kappa shape index (κ3) is 4.87. The van der Waals surface area contributed by atoms with Crippen LogP contribution >= 0.6 is 0 Å². The molecule has 1 fully saturated rings. The third-order valence-corrected chi connectivity index (χ3v) is 4.53. The quantitative estimate of drug-likeness (QED) is 0.814. The maximum absolute atomic E-state index is 12.1. The molecular formula is C19H30N2O3. The molecule has 0 spiro atoms. The molecule has 0 radical (unpaired) electrons. The minimum Gasteiger partial charge on any atom is -0.491 e. The zero-order valence-electron chi connectivity index (χ0n) is 15.2. The van der Waals surface area contributed by atoms with E-state index >= 15 is 0 Å². The van der Waals surface area contributed by atoms with Gasteiger partial charge in [-0.05, 0) is 30.4 Å². The van der Waals surface area contributed by atoms with Crippen LogP contribution in [0.2, 0.25) is 0 Å². The molecule has 0 saturated carbocycles. The molecule has 0 bridgehead atoms. The van der Waals surface area contributed by atoms with E-state index < -0.39 is 0 Å². The van der Waals surface area contributed by atoms with Crippen molar-refractivity contribution in [3.8, 4) is 5.75 Å². The Kier molecular flexibility index (Phi) is 6.10. The summed E-state index contributed by atoms with van der Waals surface area (Å²) in [5, 5.41) is 12.5. The number of carbonyl (C=O) groups is 1. The summed E-state index contributed by atoms with van der Waals surface area (Å²) in [7, 11) is 0. The van der Waals surface area contributed by atoms with Crippen molar-refractivity contribution in [1.29, 1.82) is 0 Å². The molecule has 2 atom stereocenters. The Morgan fingerprint density at radius 3 is 2.75 bits per heavy atom. The molecule has 1 aromatic rings. The summed E-state index contributed by atoms with van der Waals surface area (Å²) in [6.45, 7) is 10.5. The van der Waals surface area contributed by atoms with E-state index in [1.54, 1.807) is 11.8 Å². The van der Waals surface area contributed by atoms with Crippen LogP contribution in [0.5, 0.6) is 5.75 Å². The monoisotopic (exact) mass is 334 g/mol. The summed E-state index contributed by atoms with van der Waals surface area (Å²) in [5.41, 5.74) is 1.18. The summed E-state index contributed by atoms with van der Waals surface area (Å²) < 4.78 is 5.86. The van der Waals surface area contributed by atoms with Crippen molar-refractivity contribution in [1.82, 2.24) is 10.2 Å². The van der Waals surface area contributed by atoms with Crippen LogP contribution < -0.4 is 10.1 Å². The Morgan fingerprint density at radius 1 is 1.42 bits per heavy atom. The van der Waals surface area contributed by atoms with Gasteiger partial charge in [-0.1, -0.05) is 39.0 Å². The summed E-state index contributed by atoms with van der Waals surface area (Å²) in [4.78, 5) is 13.9. The number of nitrogens with one attached hydrogen (secondary N) is 1. The van der Waals surface area contributed by atoms with Crippen LogP contribution in [0, 0.1) is 5.92 Å². The average molecular weight is 334 g/mol. The molecule has 1 aliphatic heterocycles. The Bertz CT molecular complexity index is 552. The molecule has 0 aliphatic carbocycles. The molecule has 134 valence electrons. The number of urea groups is 1. The molecular weight excluding hydrogens is 304 g/mol. The number of ether oxygens (including phenoxy) is 1. The molecule has 5 nitrogen and oxygen atoms in total. The highest BCUT2D eigenvalue weighted by Gasteiger charge is 2.28. The van der Waals surface area contributed by atoms with Crippen molar-refractivity contribution in [2.24, 2.45) is 5.92 Å². The Labute approximate surface area is 145 Å². The number of hydrogen-bond donors (Lipinski definition) is 2. The van der Waals surface area contributed by atoms with Crippen LogP contribution in [0.4, 0.5) is 4.79 Å². The molecule has 2 amide bonds. The molecule has 2 N–H and O–H groups in total. The van der Waals surface area contributed by atoms with Crippen molar-refractivity contribution in [2.45, 2.75) is 45.6 Å². The van der Waals surface area contributed by atoms with E-state index in [1.165, 1.54) is 0 Å². The lowest BCUT2D eigenvalue weighted by atomic mass is 9.86. The summed E-state index contributed by atoms with van der Waals surface area (Å²) >= 11 is 0. The van der Waals surface area contributed by atoms with Gasteiger partial charge in [0.05, 0.1) is 12.6 Å². The number of rotatable bonds is 5. The van der Waals surface area contributed by atoms with Crippen LogP contribution in [0.3, 0.4) is 0 Å². The molecule has 1 aliphatic rings. The fraction of sp³-hybridized carbons (Fsp3) is 0.632. The van der Waals surface area contributed by atoms with Crippen molar-refractivity contribution in [3.05, 3.63) is 29.8 Å². The van der Waals surface area contributed by atoms with Crippen molar-refractivity contribution in [3.63, 3.8) is 0 Å². The fourth-order valence-electron chi connectivity index (χ4n) is 3.01. The van der Waals surface area contributed by atoms with Gasteiger partial charge in [0.1, 0.15) is 12.4 Å². The second kappa shape index (κ2) is 7.88. The number of benzene rings is 1. The second-order valence-electron chi connectivity index (χ2n) is 7.56. The number of nitrogens with zero attached hydrogens (tertiary/aromatic N) is 1. The van der Waals surface area contributed by atoms with Crippen molar-refractivity contribution < 1.29 is 14.6 Å². The molecule has 24 heavy (non-hydrogen) atoms. The first-order valence-electron chi connectivity index (χ1n) is 8.72. The highest BCUT2D eigenvalue weighted by Crippen LogP contribution is 2.30. The van der Waals surface area contributed by atoms with Gasteiger partial charge in [0.2, 0.25) is 0 Å². The van der Waals surface area contributed by atoms with Crippen LogP contribution in [0.15, 0.2) is 24.3 Å². The summed E-state index contributed by atoms with van der Waals surface area (Å²) in [6.07, 6.45) is 0.501. The highest BCUT2D eigenvalue weighted by atomic mass is 16.5. The van der Waals surface area contributed by atoms with Gasteiger partial charge < -0.3 is 20.1 Å². The first kappa shape index (κ1) is 18.6. The standard InChI is InChI=1S/C19H30N2O3/c1-14(22)15-9-11-21(13-15)18(23)20-10-12-24-17-8-6-5-7-16(17)19(2,3)4/h5-8,14-15,22H,9-13H2,1-4H3,(H,20,23)/t14-,15-/m1/s1. The van der Waals surface area contributed by atoms with Crippen LogP contribution in [0.25, 0.3) is 0 Å². The Hall–Kier alpha value is -1.75. The number of hydrogen-bond acceptors (Lipinski definition) is 3. The molecule has 0 unspecified atom stereocenters. The SMILES string of the molecule is C[C@@H](O)[C@@H]1CCN(C(=O)NCCOc2ccccc2C(C)(C)C)C1. The van der Waals surface area contributed by atoms with Crippen LogP contribution in [-0.4, -0.2) is 48.4 Å². The Balaban J connectivity index is 1.77. The zero-order valence-corrected chi connectivity index (χ0v) is 15.2. The number of aliphatic hydroxyl groups is 1. The van der Waals surface area contributed by atoms with Gasteiger partial charge in [-0.3, -0.25) is 0 Å². The fourth-order valence-corrected chi connectivity index (χ4v) is 3.01. The molecule has 0 aromatic heterocycles. The van der Waals surface area contributed by atoms with E-state index in [9.17, 15) is 9.90 Å². The van der Waals surface area contributed by atoms with E-state index in [-0.39, 0.29) is 23.5 Å². The highest BCUT2D eigenvalue weighted by molar-refractivity contribution is 5.74. The molecule has 2 rings (SSSR count). The van der Waals surface area contributed by atoms with E-state index in [4.69, 9.17) is 4.74 Å². The minimum atomic E-state index is -0.361. The van der Waals surface area contributed by atoms with Crippen molar-refractivity contribution >= 4 is 6.03 Å². The first-order chi connectivity index (χ1) is 11.3. The molecule has 1 saturated heterocycles. The first-order valence-corrected chi connectivity index (χ1v) is 8.72. The van der Waals surface area contributed by atoms with Gasteiger partial charge in [0.25, 0.3) is 0 Å². The number of likely N-dealkylation sites (tertiary alicyclic amines) is 1. The topological polar surface area (TPSA) is 61.8 Å². The van der Waals surface area contributed by atoms with E-state index in [1.807, 2.05) is 18.2 Å². The lowest BCUT2D eigenvalue weighted by Gasteiger charge is -2.23.